The number of hydrogen-bond donors (Lipinski definition) is 0. The second-order valence-corrected chi connectivity index (χ2v) is 6.80. The Morgan fingerprint density at radius 3 is 2.53 bits per heavy atom. The maximum absolute atomic E-state index is 3.81. The minimum Gasteiger partial charge on any atom is -0.0922 e. The van der Waals surface area contributed by atoms with E-state index >= 15 is 0 Å². The maximum atomic E-state index is 3.81. The zero-order chi connectivity index (χ0) is 11.9. The Bertz CT molecular complexity index is 394. The standard InChI is InChI=1S/C16H21Br/c1-12-2-4-13(5-3-12)9-16(11-17)10-14-6-7-15(16)8-14/h2-5,14-15H,6-11H2,1H3. The minimum absolute atomic E-state index is 0.568. The molecular weight excluding hydrogens is 272 g/mol. The quantitative estimate of drug-likeness (QED) is 0.706. The molecule has 92 valence electrons. The Kier molecular flexibility index (Phi) is 3.06. The van der Waals surface area contributed by atoms with Crippen LogP contribution in [0.15, 0.2) is 24.3 Å². The first-order chi connectivity index (χ1) is 8.22. The van der Waals surface area contributed by atoms with Crippen molar-refractivity contribution in [3.63, 3.8) is 0 Å². The smallest absolute Gasteiger partial charge is 0.00939 e. The number of aryl methyl sites for hydroxylation is 1. The van der Waals surface area contributed by atoms with Gasteiger partial charge in [-0.25, -0.2) is 0 Å². The van der Waals surface area contributed by atoms with Gasteiger partial charge in [0.25, 0.3) is 0 Å². The predicted molar refractivity (Wildman–Crippen MR) is 76.6 cm³/mol. The van der Waals surface area contributed by atoms with Crippen molar-refractivity contribution in [3.8, 4) is 0 Å². The third kappa shape index (κ3) is 2.07. The van der Waals surface area contributed by atoms with Crippen molar-refractivity contribution < 1.29 is 0 Å². The molecule has 0 amide bonds. The SMILES string of the molecule is Cc1ccc(CC2(CBr)CC3CCC2C3)cc1. The molecule has 3 rings (SSSR count). The summed E-state index contributed by atoms with van der Waals surface area (Å²) in [5, 5.41) is 1.19. The highest BCUT2D eigenvalue weighted by atomic mass is 79.9. The van der Waals surface area contributed by atoms with E-state index in [2.05, 4.69) is 47.1 Å². The zero-order valence-corrected chi connectivity index (χ0v) is 12.2. The van der Waals surface area contributed by atoms with Crippen LogP contribution >= 0.6 is 15.9 Å². The first-order valence-electron chi connectivity index (χ1n) is 6.83. The molecule has 2 fully saturated rings. The molecule has 0 saturated heterocycles. The fraction of sp³-hybridized carbons (Fsp3) is 0.625. The highest BCUT2D eigenvalue weighted by Gasteiger charge is 2.49. The van der Waals surface area contributed by atoms with Gasteiger partial charge in [0.1, 0.15) is 0 Å². The molecule has 0 N–H and O–H groups in total. The lowest BCUT2D eigenvalue weighted by Gasteiger charge is -2.36. The monoisotopic (exact) mass is 292 g/mol. The summed E-state index contributed by atoms with van der Waals surface area (Å²) in [6, 6.07) is 9.16. The van der Waals surface area contributed by atoms with Crippen LogP contribution in [0.1, 0.15) is 36.8 Å². The number of rotatable bonds is 3. The highest BCUT2D eigenvalue weighted by molar-refractivity contribution is 9.09. The number of fused-ring (bicyclic) bond motifs is 2. The molecule has 1 aromatic carbocycles. The molecule has 0 aliphatic heterocycles. The van der Waals surface area contributed by atoms with Crippen LogP contribution < -0.4 is 0 Å². The van der Waals surface area contributed by atoms with Gasteiger partial charge in [-0.3, -0.25) is 0 Å². The summed E-state index contributed by atoms with van der Waals surface area (Å²) in [7, 11) is 0. The second kappa shape index (κ2) is 4.42. The van der Waals surface area contributed by atoms with Crippen molar-refractivity contribution in [1.29, 1.82) is 0 Å². The predicted octanol–water partition coefficient (Wildman–Crippen LogP) is 4.74. The fourth-order valence-electron chi connectivity index (χ4n) is 4.10. The van der Waals surface area contributed by atoms with E-state index in [1.165, 1.54) is 48.6 Å². The normalized spacial score (nSPS) is 35.4. The van der Waals surface area contributed by atoms with E-state index in [0.29, 0.717) is 5.41 Å². The van der Waals surface area contributed by atoms with E-state index < -0.39 is 0 Å². The van der Waals surface area contributed by atoms with Crippen LogP contribution in [0.2, 0.25) is 0 Å². The van der Waals surface area contributed by atoms with Gasteiger partial charge < -0.3 is 0 Å². The zero-order valence-electron chi connectivity index (χ0n) is 10.6. The first kappa shape index (κ1) is 11.8. The first-order valence-corrected chi connectivity index (χ1v) is 7.95. The summed E-state index contributed by atoms with van der Waals surface area (Å²) in [6.45, 7) is 2.17. The molecule has 0 heterocycles. The van der Waals surface area contributed by atoms with Gasteiger partial charge in [0.05, 0.1) is 0 Å². The van der Waals surface area contributed by atoms with Gasteiger partial charge in [0.15, 0.2) is 0 Å². The second-order valence-electron chi connectivity index (χ2n) is 6.24. The summed E-state index contributed by atoms with van der Waals surface area (Å²) in [5.74, 6) is 2.01. The molecule has 2 aliphatic carbocycles. The summed E-state index contributed by atoms with van der Waals surface area (Å²) < 4.78 is 0. The van der Waals surface area contributed by atoms with Gasteiger partial charge in [-0.05, 0) is 55.4 Å². The maximum Gasteiger partial charge on any atom is 0.00939 e. The van der Waals surface area contributed by atoms with Gasteiger partial charge in [-0.2, -0.15) is 0 Å². The molecule has 0 spiro atoms. The van der Waals surface area contributed by atoms with Crippen LogP contribution in [0.3, 0.4) is 0 Å². The van der Waals surface area contributed by atoms with E-state index in [1.54, 1.807) is 0 Å². The van der Waals surface area contributed by atoms with E-state index in [-0.39, 0.29) is 0 Å². The molecule has 2 saturated carbocycles. The van der Waals surface area contributed by atoms with Crippen molar-refractivity contribution in [2.75, 3.05) is 5.33 Å². The molecule has 2 aliphatic rings. The number of halogens is 1. The van der Waals surface area contributed by atoms with Crippen LogP contribution in [0.4, 0.5) is 0 Å². The molecule has 2 bridgehead atoms. The summed E-state index contributed by atoms with van der Waals surface area (Å²) in [6.07, 6.45) is 7.20. The molecule has 0 aromatic heterocycles. The van der Waals surface area contributed by atoms with E-state index in [1.807, 2.05) is 0 Å². The average Bonchev–Trinajstić information content (AvgIpc) is 2.93. The summed E-state index contributed by atoms with van der Waals surface area (Å²) in [4.78, 5) is 0. The number of alkyl halides is 1. The molecule has 3 atom stereocenters. The third-order valence-corrected chi connectivity index (χ3v) is 6.16. The molecule has 17 heavy (non-hydrogen) atoms. The summed E-state index contributed by atoms with van der Waals surface area (Å²) >= 11 is 3.81. The lowest BCUT2D eigenvalue weighted by molar-refractivity contribution is 0.197. The van der Waals surface area contributed by atoms with Crippen molar-refractivity contribution >= 4 is 15.9 Å². The number of hydrogen-bond acceptors (Lipinski definition) is 0. The Morgan fingerprint density at radius 2 is 2.00 bits per heavy atom. The molecule has 0 radical (unpaired) electrons. The van der Waals surface area contributed by atoms with Gasteiger partial charge in [-0.1, -0.05) is 52.2 Å². The topological polar surface area (TPSA) is 0 Å². The highest BCUT2D eigenvalue weighted by Crippen LogP contribution is 2.57. The van der Waals surface area contributed by atoms with Crippen LogP contribution in [-0.2, 0) is 6.42 Å². The van der Waals surface area contributed by atoms with Gasteiger partial charge in [0.2, 0.25) is 0 Å². The molecule has 0 nitrogen and oxygen atoms in total. The van der Waals surface area contributed by atoms with Gasteiger partial charge in [0, 0.05) is 5.33 Å². The summed E-state index contributed by atoms with van der Waals surface area (Å²) in [5.41, 5.74) is 3.47. The van der Waals surface area contributed by atoms with Crippen LogP contribution in [0.25, 0.3) is 0 Å². The Morgan fingerprint density at radius 1 is 1.24 bits per heavy atom. The Labute approximate surface area is 113 Å². The third-order valence-electron chi connectivity index (χ3n) is 5.05. The van der Waals surface area contributed by atoms with Crippen molar-refractivity contribution in [3.05, 3.63) is 35.4 Å². The van der Waals surface area contributed by atoms with Crippen molar-refractivity contribution in [1.82, 2.24) is 0 Å². The lowest BCUT2D eigenvalue weighted by Crippen LogP contribution is -2.32. The lowest BCUT2D eigenvalue weighted by atomic mass is 9.71. The van der Waals surface area contributed by atoms with Crippen LogP contribution in [-0.4, -0.2) is 5.33 Å². The van der Waals surface area contributed by atoms with Crippen molar-refractivity contribution in [2.45, 2.75) is 39.0 Å². The van der Waals surface area contributed by atoms with Crippen LogP contribution in [0.5, 0.6) is 0 Å². The van der Waals surface area contributed by atoms with E-state index in [4.69, 9.17) is 0 Å². The Hall–Kier alpha value is -0.300. The largest absolute Gasteiger partial charge is 0.0922 e. The molecular formula is C16H21Br. The fourth-order valence-corrected chi connectivity index (χ4v) is 4.98. The average molecular weight is 293 g/mol. The molecule has 3 unspecified atom stereocenters. The van der Waals surface area contributed by atoms with Gasteiger partial charge >= 0.3 is 0 Å². The number of benzene rings is 1. The van der Waals surface area contributed by atoms with Crippen LogP contribution in [0, 0.1) is 24.2 Å². The van der Waals surface area contributed by atoms with Gasteiger partial charge in [-0.15, -0.1) is 0 Å². The van der Waals surface area contributed by atoms with Crippen molar-refractivity contribution in [2.24, 2.45) is 17.3 Å². The minimum atomic E-state index is 0.568. The van der Waals surface area contributed by atoms with E-state index in [0.717, 1.165) is 11.8 Å². The molecule has 1 heteroatoms. The van der Waals surface area contributed by atoms with E-state index in [9.17, 15) is 0 Å². The molecule has 1 aromatic rings. The Balaban J connectivity index is 1.80.